The topological polar surface area (TPSA) is 55.4 Å². The summed E-state index contributed by atoms with van der Waals surface area (Å²) in [6.45, 7) is 0. The summed E-state index contributed by atoms with van der Waals surface area (Å²) in [5, 5.41) is 3.71. The van der Waals surface area contributed by atoms with Crippen molar-refractivity contribution in [1.82, 2.24) is 0 Å². The summed E-state index contributed by atoms with van der Waals surface area (Å²) in [7, 11) is 0. The van der Waals surface area contributed by atoms with Crippen LogP contribution in [-0.4, -0.2) is 11.5 Å². The van der Waals surface area contributed by atoms with E-state index in [2.05, 4.69) is 11.2 Å². The lowest BCUT2D eigenvalue weighted by atomic mass is 9.76. The van der Waals surface area contributed by atoms with Gasteiger partial charge in [0.2, 0.25) is 0 Å². The van der Waals surface area contributed by atoms with Crippen LogP contribution in [0.4, 0.5) is 0 Å². The number of Topliss-reactive ketones (excluding diaryl/α,β-unsaturated/α-hetero) is 1. The second-order valence-electron chi connectivity index (χ2n) is 3.78. The van der Waals surface area contributed by atoms with E-state index in [-0.39, 0.29) is 5.78 Å². The fraction of sp³-hybridized carbons (Fsp3) is 0.600. The first-order valence-corrected chi connectivity index (χ1v) is 4.80. The van der Waals surface area contributed by atoms with Crippen LogP contribution < -0.4 is 5.84 Å². The number of carbonyl (C=O) groups excluding carboxylic acids is 1. The lowest BCUT2D eigenvalue weighted by Crippen LogP contribution is -2.28. The molecule has 0 aromatic rings. The van der Waals surface area contributed by atoms with Crippen molar-refractivity contribution in [2.45, 2.75) is 32.1 Å². The monoisotopic (exact) mass is 178 g/mol. The first-order chi connectivity index (χ1) is 6.31. The molecule has 0 amide bonds. The standard InChI is InChI=1S/C10H14N2O/c11-12-10-6-8(13)5-7-3-1-2-4-9(7)10/h4,7H,1-3,5-6,11H2. The average molecular weight is 178 g/mol. The molecule has 3 nitrogen and oxygen atoms in total. The van der Waals surface area contributed by atoms with Gasteiger partial charge in [0.25, 0.3) is 0 Å². The van der Waals surface area contributed by atoms with Gasteiger partial charge in [-0.15, -0.1) is 0 Å². The van der Waals surface area contributed by atoms with Crippen LogP contribution in [0.25, 0.3) is 0 Å². The molecule has 2 aliphatic carbocycles. The van der Waals surface area contributed by atoms with Gasteiger partial charge in [-0.25, -0.2) is 0 Å². The lowest BCUT2D eigenvalue weighted by Gasteiger charge is -2.28. The Hall–Kier alpha value is -1.12. The van der Waals surface area contributed by atoms with Crippen LogP contribution in [0.1, 0.15) is 32.1 Å². The van der Waals surface area contributed by atoms with E-state index in [1.54, 1.807) is 0 Å². The molecule has 0 aromatic carbocycles. The lowest BCUT2D eigenvalue weighted by molar-refractivity contribution is -0.119. The van der Waals surface area contributed by atoms with Crippen LogP contribution in [0.2, 0.25) is 0 Å². The molecule has 1 saturated carbocycles. The second kappa shape index (κ2) is 3.32. The van der Waals surface area contributed by atoms with Crippen molar-refractivity contribution in [2.24, 2.45) is 16.9 Å². The van der Waals surface area contributed by atoms with Crippen molar-refractivity contribution in [2.75, 3.05) is 0 Å². The zero-order valence-corrected chi connectivity index (χ0v) is 7.62. The van der Waals surface area contributed by atoms with E-state index >= 15 is 0 Å². The van der Waals surface area contributed by atoms with Crippen molar-refractivity contribution in [3.63, 3.8) is 0 Å². The molecule has 0 bridgehead atoms. The van der Waals surface area contributed by atoms with E-state index in [9.17, 15) is 4.79 Å². The van der Waals surface area contributed by atoms with Crippen LogP contribution in [0.5, 0.6) is 0 Å². The molecule has 2 aliphatic rings. The minimum absolute atomic E-state index is 0.285. The Morgan fingerprint density at radius 1 is 1.54 bits per heavy atom. The third-order valence-corrected chi connectivity index (χ3v) is 2.89. The first kappa shape index (κ1) is 8.48. The number of allylic oxidation sites excluding steroid dienone is 2. The van der Waals surface area contributed by atoms with Crippen LogP contribution in [0, 0.1) is 5.92 Å². The number of carbonyl (C=O) groups is 1. The van der Waals surface area contributed by atoms with Gasteiger partial charge in [-0.05, 0) is 30.8 Å². The first-order valence-electron chi connectivity index (χ1n) is 4.80. The van der Waals surface area contributed by atoms with E-state index in [1.165, 1.54) is 12.0 Å². The highest BCUT2D eigenvalue weighted by molar-refractivity contribution is 6.13. The van der Waals surface area contributed by atoms with Gasteiger partial charge in [-0.3, -0.25) is 4.79 Å². The van der Waals surface area contributed by atoms with Crippen molar-refractivity contribution in [3.8, 4) is 0 Å². The molecule has 1 fully saturated rings. The van der Waals surface area contributed by atoms with Gasteiger partial charge >= 0.3 is 0 Å². The number of ketones is 1. The molecule has 0 aliphatic heterocycles. The Balaban J connectivity index is 2.29. The maximum atomic E-state index is 11.3. The predicted molar refractivity (Wildman–Crippen MR) is 51.3 cm³/mol. The molecular weight excluding hydrogens is 164 g/mol. The highest BCUT2D eigenvalue weighted by atomic mass is 16.1. The smallest absolute Gasteiger partial charge is 0.139 e. The summed E-state index contributed by atoms with van der Waals surface area (Å²) in [5.74, 6) is 5.97. The Kier molecular flexibility index (Phi) is 2.17. The van der Waals surface area contributed by atoms with E-state index in [0.29, 0.717) is 18.8 Å². The normalized spacial score (nSPS) is 31.4. The molecule has 1 unspecified atom stereocenters. The quantitative estimate of drug-likeness (QED) is 0.450. The van der Waals surface area contributed by atoms with E-state index in [1.807, 2.05) is 0 Å². The van der Waals surface area contributed by atoms with Gasteiger partial charge in [-0.1, -0.05) is 6.08 Å². The third-order valence-electron chi connectivity index (χ3n) is 2.89. The molecule has 1 atom stereocenters. The van der Waals surface area contributed by atoms with Gasteiger partial charge in [0.15, 0.2) is 0 Å². The summed E-state index contributed by atoms with van der Waals surface area (Å²) in [6.07, 6.45) is 6.77. The molecular formula is C10H14N2O. The third kappa shape index (κ3) is 1.50. The molecule has 0 saturated heterocycles. The molecule has 13 heavy (non-hydrogen) atoms. The summed E-state index contributed by atoms with van der Waals surface area (Å²) in [6, 6.07) is 0. The average Bonchev–Trinajstić information content (AvgIpc) is 2.16. The number of hydrogen-bond acceptors (Lipinski definition) is 3. The Bertz CT molecular complexity index is 291. The van der Waals surface area contributed by atoms with E-state index in [4.69, 9.17) is 5.84 Å². The molecule has 0 spiro atoms. The maximum Gasteiger partial charge on any atom is 0.139 e. The molecule has 2 rings (SSSR count). The highest BCUT2D eigenvalue weighted by Crippen LogP contribution is 2.33. The van der Waals surface area contributed by atoms with Gasteiger partial charge in [-0.2, -0.15) is 5.10 Å². The minimum Gasteiger partial charge on any atom is -0.323 e. The van der Waals surface area contributed by atoms with Gasteiger partial charge < -0.3 is 5.84 Å². The van der Waals surface area contributed by atoms with Crippen molar-refractivity contribution >= 4 is 11.5 Å². The number of nitrogens with two attached hydrogens (primary N) is 1. The fourth-order valence-corrected chi connectivity index (χ4v) is 2.27. The Morgan fingerprint density at radius 3 is 3.15 bits per heavy atom. The van der Waals surface area contributed by atoms with Gasteiger partial charge in [0, 0.05) is 6.42 Å². The van der Waals surface area contributed by atoms with Crippen LogP contribution >= 0.6 is 0 Å². The molecule has 2 N–H and O–H groups in total. The highest BCUT2D eigenvalue weighted by Gasteiger charge is 2.29. The number of hydrogen-bond donors (Lipinski definition) is 1. The fourth-order valence-electron chi connectivity index (χ4n) is 2.27. The molecule has 0 aromatic heterocycles. The maximum absolute atomic E-state index is 11.3. The molecule has 70 valence electrons. The number of nitrogens with zero attached hydrogens (tertiary/aromatic N) is 1. The summed E-state index contributed by atoms with van der Waals surface area (Å²) >= 11 is 0. The number of rotatable bonds is 0. The number of fused-ring (bicyclic) bond motifs is 1. The van der Waals surface area contributed by atoms with Crippen LogP contribution in [0.3, 0.4) is 0 Å². The summed E-state index contributed by atoms with van der Waals surface area (Å²) < 4.78 is 0. The minimum atomic E-state index is 0.285. The SMILES string of the molecule is NN=C1CC(=O)CC2CCCC=C12. The zero-order chi connectivity index (χ0) is 9.26. The van der Waals surface area contributed by atoms with Crippen molar-refractivity contribution in [1.29, 1.82) is 0 Å². The Morgan fingerprint density at radius 2 is 2.38 bits per heavy atom. The van der Waals surface area contributed by atoms with Crippen molar-refractivity contribution in [3.05, 3.63) is 11.6 Å². The van der Waals surface area contributed by atoms with Crippen LogP contribution in [0.15, 0.2) is 16.8 Å². The van der Waals surface area contributed by atoms with E-state index < -0.39 is 0 Å². The van der Waals surface area contributed by atoms with E-state index in [0.717, 1.165) is 18.6 Å². The largest absolute Gasteiger partial charge is 0.323 e. The van der Waals surface area contributed by atoms with Crippen molar-refractivity contribution < 1.29 is 4.79 Å². The molecule has 0 radical (unpaired) electrons. The van der Waals surface area contributed by atoms with Gasteiger partial charge in [0.05, 0.1) is 12.1 Å². The predicted octanol–water partition coefficient (Wildman–Crippen LogP) is 1.39. The van der Waals surface area contributed by atoms with Gasteiger partial charge in [0.1, 0.15) is 5.78 Å². The molecule has 0 heterocycles. The molecule has 3 heteroatoms. The number of hydrazone groups is 1. The Labute approximate surface area is 77.7 Å². The second-order valence-corrected chi connectivity index (χ2v) is 3.78. The van der Waals surface area contributed by atoms with Crippen LogP contribution in [-0.2, 0) is 4.79 Å². The zero-order valence-electron chi connectivity index (χ0n) is 7.62. The summed E-state index contributed by atoms with van der Waals surface area (Å²) in [4.78, 5) is 11.3. The summed E-state index contributed by atoms with van der Waals surface area (Å²) in [5.41, 5.74) is 2.06.